The van der Waals surface area contributed by atoms with Crippen LogP contribution in [0.1, 0.15) is 49.9 Å². The van der Waals surface area contributed by atoms with Crippen molar-refractivity contribution in [2.24, 2.45) is 0 Å². The molecule has 38 heavy (non-hydrogen) atoms. The summed E-state index contributed by atoms with van der Waals surface area (Å²) in [6.07, 6.45) is 0. The van der Waals surface area contributed by atoms with E-state index in [9.17, 15) is 0 Å². The SMILES string of the molecule is CC1(C)c2ccccc2N(c2ccccc2)c2cc3c4c(c21)c1ccccc1n4-c1ccccc1C3(C)C. The van der Waals surface area contributed by atoms with Gasteiger partial charge in [0.2, 0.25) is 0 Å². The van der Waals surface area contributed by atoms with Crippen LogP contribution >= 0.6 is 0 Å². The van der Waals surface area contributed by atoms with Crippen LogP contribution in [0.3, 0.4) is 0 Å². The molecule has 8 rings (SSSR count). The molecule has 2 aliphatic rings. The molecule has 6 aromatic rings. The summed E-state index contributed by atoms with van der Waals surface area (Å²) in [4.78, 5) is 2.49. The summed E-state index contributed by atoms with van der Waals surface area (Å²) in [6.45, 7) is 9.60. The minimum absolute atomic E-state index is 0.141. The summed E-state index contributed by atoms with van der Waals surface area (Å²) >= 11 is 0. The predicted molar refractivity (Wildman–Crippen MR) is 160 cm³/mol. The molecule has 2 nitrogen and oxygen atoms in total. The highest BCUT2D eigenvalue weighted by atomic mass is 15.2. The molecule has 0 atom stereocenters. The molecule has 1 aromatic heterocycles. The number of nitrogens with zero attached hydrogens (tertiary/aromatic N) is 2. The van der Waals surface area contributed by atoms with Crippen LogP contribution in [-0.2, 0) is 10.8 Å². The number of anilines is 3. The first-order valence-corrected chi connectivity index (χ1v) is 13.6. The van der Waals surface area contributed by atoms with Crippen molar-refractivity contribution >= 4 is 38.9 Å². The van der Waals surface area contributed by atoms with Crippen molar-refractivity contribution in [3.63, 3.8) is 0 Å². The molecule has 0 radical (unpaired) electrons. The minimum atomic E-state index is -0.175. The topological polar surface area (TPSA) is 8.17 Å². The van der Waals surface area contributed by atoms with Crippen LogP contribution in [0.5, 0.6) is 0 Å². The first kappa shape index (κ1) is 21.8. The van der Waals surface area contributed by atoms with E-state index in [2.05, 4.69) is 146 Å². The summed E-state index contributed by atoms with van der Waals surface area (Å²) in [5, 5.41) is 2.71. The molecule has 3 heterocycles. The van der Waals surface area contributed by atoms with Crippen molar-refractivity contribution < 1.29 is 0 Å². The van der Waals surface area contributed by atoms with E-state index < -0.39 is 0 Å². The smallest absolute Gasteiger partial charge is 0.0586 e. The molecule has 5 aromatic carbocycles. The maximum atomic E-state index is 2.53. The first-order valence-electron chi connectivity index (χ1n) is 13.6. The van der Waals surface area contributed by atoms with Gasteiger partial charge in [0.25, 0.3) is 0 Å². The molecule has 0 aliphatic carbocycles. The maximum Gasteiger partial charge on any atom is 0.0586 e. The van der Waals surface area contributed by atoms with Gasteiger partial charge in [0.15, 0.2) is 0 Å². The second-order valence-corrected chi connectivity index (χ2v) is 11.8. The molecule has 0 N–H and O–H groups in total. The summed E-state index contributed by atoms with van der Waals surface area (Å²) in [6, 6.07) is 40.3. The normalized spacial score (nSPS) is 16.3. The van der Waals surface area contributed by atoms with E-state index in [-0.39, 0.29) is 10.8 Å². The monoisotopic (exact) mass is 490 g/mol. The molecule has 2 aliphatic heterocycles. The van der Waals surface area contributed by atoms with Crippen molar-refractivity contribution in [3.05, 3.63) is 131 Å². The number of fused-ring (bicyclic) bond motifs is 8. The van der Waals surface area contributed by atoms with Crippen LogP contribution < -0.4 is 4.90 Å². The quantitative estimate of drug-likeness (QED) is 0.223. The lowest BCUT2D eigenvalue weighted by molar-refractivity contribution is 0.620. The molecule has 0 bridgehead atoms. The van der Waals surface area contributed by atoms with E-state index in [0.717, 1.165) is 0 Å². The van der Waals surface area contributed by atoms with Gasteiger partial charge in [-0.1, -0.05) is 100 Å². The van der Waals surface area contributed by atoms with Gasteiger partial charge < -0.3 is 9.47 Å². The van der Waals surface area contributed by atoms with Gasteiger partial charge >= 0.3 is 0 Å². The number of hydrogen-bond donors (Lipinski definition) is 0. The third-order valence-corrected chi connectivity index (χ3v) is 9.11. The lowest BCUT2D eigenvalue weighted by Crippen LogP contribution is -2.33. The third kappa shape index (κ3) is 2.53. The fraction of sp³-hybridized carbons (Fsp3) is 0.167. The predicted octanol–water partition coefficient (Wildman–Crippen LogP) is 9.53. The summed E-state index contributed by atoms with van der Waals surface area (Å²) < 4.78 is 2.53. The molecule has 0 spiro atoms. The van der Waals surface area contributed by atoms with Crippen LogP contribution in [0.25, 0.3) is 27.5 Å². The van der Waals surface area contributed by atoms with Gasteiger partial charge in [0.1, 0.15) is 0 Å². The summed E-state index contributed by atoms with van der Waals surface area (Å²) in [5.41, 5.74) is 12.9. The Hall–Kier alpha value is -4.30. The van der Waals surface area contributed by atoms with Gasteiger partial charge in [0, 0.05) is 27.3 Å². The molecule has 184 valence electrons. The molecule has 0 amide bonds. The Labute approximate surface area is 223 Å². The van der Waals surface area contributed by atoms with Gasteiger partial charge in [-0.3, -0.25) is 0 Å². The molecular formula is C36H30N2. The number of para-hydroxylation sites is 4. The van der Waals surface area contributed by atoms with Gasteiger partial charge in [-0.15, -0.1) is 0 Å². The zero-order valence-electron chi connectivity index (χ0n) is 22.3. The van der Waals surface area contributed by atoms with E-state index in [1.54, 1.807) is 0 Å². The number of aromatic nitrogens is 1. The number of hydrogen-bond acceptors (Lipinski definition) is 1. The Balaban J connectivity index is 1.64. The van der Waals surface area contributed by atoms with Gasteiger partial charge in [-0.25, -0.2) is 0 Å². The first-order chi connectivity index (χ1) is 18.4. The highest BCUT2D eigenvalue weighted by molar-refractivity contribution is 6.16. The lowest BCUT2D eigenvalue weighted by Gasteiger charge is -2.44. The largest absolute Gasteiger partial charge is 0.310 e. The number of rotatable bonds is 1. The van der Waals surface area contributed by atoms with E-state index >= 15 is 0 Å². The fourth-order valence-corrected chi connectivity index (χ4v) is 7.35. The standard InChI is InChI=1S/C36H30N2/c1-35(2)25-17-9-13-21-30(25)38-28-19-11-8-16-24(28)32-33-31(22-27(35)34(32)38)37(23-14-6-5-7-15-23)29-20-12-10-18-26(29)36(33,3)4/h5-22H,1-4H3. The van der Waals surface area contributed by atoms with Gasteiger partial charge in [0.05, 0.1) is 28.1 Å². The minimum Gasteiger partial charge on any atom is -0.310 e. The lowest BCUT2D eigenvalue weighted by atomic mass is 9.68. The highest BCUT2D eigenvalue weighted by Crippen LogP contribution is 2.58. The van der Waals surface area contributed by atoms with Crippen molar-refractivity contribution in [3.8, 4) is 5.69 Å². The van der Waals surface area contributed by atoms with Crippen molar-refractivity contribution in [2.75, 3.05) is 4.90 Å². The summed E-state index contributed by atoms with van der Waals surface area (Å²) in [7, 11) is 0. The van der Waals surface area contributed by atoms with Gasteiger partial charge in [-0.2, -0.15) is 0 Å². The zero-order chi connectivity index (χ0) is 25.8. The van der Waals surface area contributed by atoms with Gasteiger partial charge in [-0.05, 0) is 58.7 Å². The second-order valence-electron chi connectivity index (χ2n) is 11.8. The third-order valence-electron chi connectivity index (χ3n) is 9.11. The Morgan fingerprint density at radius 1 is 0.526 bits per heavy atom. The average molecular weight is 491 g/mol. The molecular weight excluding hydrogens is 460 g/mol. The molecule has 0 unspecified atom stereocenters. The van der Waals surface area contributed by atoms with Crippen LogP contribution in [0.4, 0.5) is 17.1 Å². The van der Waals surface area contributed by atoms with Crippen LogP contribution in [0.2, 0.25) is 0 Å². The fourth-order valence-electron chi connectivity index (χ4n) is 7.35. The second kappa shape index (κ2) is 7.17. The maximum absolute atomic E-state index is 2.53. The van der Waals surface area contributed by atoms with Crippen LogP contribution in [0, 0.1) is 0 Å². The highest BCUT2D eigenvalue weighted by Gasteiger charge is 2.43. The zero-order valence-corrected chi connectivity index (χ0v) is 22.3. The van der Waals surface area contributed by atoms with E-state index in [1.807, 2.05) is 0 Å². The molecule has 0 fully saturated rings. The van der Waals surface area contributed by atoms with E-state index in [1.165, 1.54) is 66.8 Å². The molecule has 0 saturated heterocycles. The van der Waals surface area contributed by atoms with E-state index in [4.69, 9.17) is 0 Å². The van der Waals surface area contributed by atoms with Crippen LogP contribution in [-0.4, -0.2) is 4.57 Å². The average Bonchev–Trinajstić information content (AvgIpc) is 3.28. The Kier molecular flexibility index (Phi) is 4.10. The van der Waals surface area contributed by atoms with Crippen molar-refractivity contribution in [1.82, 2.24) is 4.57 Å². The van der Waals surface area contributed by atoms with E-state index in [0.29, 0.717) is 0 Å². The molecule has 0 saturated carbocycles. The number of benzene rings is 5. The Morgan fingerprint density at radius 3 is 1.89 bits per heavy atom. The van der Waals surface area contributed by atoms with Crippen molar-refractivity contribution in [2.45, 2.75) is 38.5 Å². The molecule has 2 heteroatoms. The van der Waals surface area contributed by atoms with Crippen molar-refractivity contribution in [1.29, 1.82) is 0 Å². The van der Waals surface area contributed by atoms with Crippen LogP contribution in [0.15, 0.2) is 109 Å². The Bertz CT molecular complexity index is 1920. The summed E-state index contributed by atoms with van der Waals surface area (Å²) in [5.74, 6) is 0. The Morgan fingerprint density at radius 2 is 1.13 bits per heavy atom.